The number of carbonyl (C=O) groups excluding carboxylic acids is 1. The van der Waals surface area contributed by atoms with Gasteiger partial charge in [-0.1, -0.05) is 6.08 Å². The molecular formula is C13H23NO3. The molecule has 1 N–H and O–H groups in total. The van der Waals surface area contributed by atoms with Crippen molar-refractivity contribution in [2.75, 3.05) is 13.2 Å². The molecule has 0 bridgehead atoms. The van der Waals surface area contributed by atoms with Crippen molar-refractivity contribution >= 4 is 6.09 Å². The van der Waals surface area contributed by atoms with Crippen LogP contribution in [0, 0.1) is 0 Å². The van der Waals surface area contributed by atoms with E-state index in [1.807, 2.05) is 20.8 Å². The fourth-order valence-corrected chi connectivity index (χ4v) is 2.25. The van der Waals surface area contributed by atoms with Crippen LogP contribution in [0.5, 0.6) is 0 Å². The molecule has 1 saturated heterocycles. The summed E-state index contributed by atoms with van der Waals surface area (Å²) in [5, 5.41) is 9.57. The van der Waals surface area contributed by atoms with Gasteiger partial charge in [0.1, 0.15) is 5.60 Å². The van der Waals surface area contributed by atoms with Crippen LogP contribution in [-0.4, -0.2) is 40.4 Å². The van der Waals surface area contributed by atoms with Crippen LogP contribution >= 0.6 is 0 Å². The van der Waals surface area contributed by atoms with Crippen molar-refractivity contribution in [1.29, 1.82) is 0 Å². The fraction of sp³-hybridized carbons (Fsp3) is 0.769. The highest BCUT2D eigenvalue weighted by Gasteiger charge is 2.43. The van der Waals surface area contributed by atoms with Crippen LogP contribution in [0.15, 0.2) is 12.7 Å². The predicted octanol–water partition coefficient (Wildman–Crippen LogP) is 2.32. The second kappa shape index (κ2) is 5.08. The van der Waals surface area contributed by atoms with E-state index >= 15 is 0 Å². The van der Waals surface area contributed by atoms with E-state index in [0.29, 0.717) is 13.0 Å². The topological polar surface area (TPSA) is 49.8 Å². The summed E-state index contributed by atoms with van der Waals surface area (Å²) in [7, 11) is 0. The van der Waals surface area contributed by atoms with Crippen molar-refractivity contribution in [2.45, 2.75) is 51.2 Å². The molecule has 0 aromatic heterocycles. The van der Waals surface area contributed by atoms with Gasteiger partial charge in [0.25, 0.3) is 0 Å². The molecule has 0 aromatic rings. The molecule has 0 spiro atoms. The number of aliphatic hydroxyl groups is 1. The molecule has 1 amide bonds. The van der Waals surface area contributed by atoms with Gasteiger partial charge in [0.2, 0.25) is 0 Å². The molecule has 0 saturated carbocycles. The van der Waals surface area contributed by atoms with E-state index < -0.39 is 11.1 Å². The predicted molar refractivity (Wildman–Crippen MR) is 66.8 cm³/mol. The summed E-state index contributed by atoms with van der Waals surface area (Å²) in [5.41, 5.74) is -1.01. The molecule has 1 atom stereocenters. The Morgan fingerprint density at radius 3 is 2.71 bits per heavy atom. The lowest BCUT2D eigenvalue weighted by molar-refractivity contribution is -0.00390. The Bertz CT molecular complexity index is 296. The van der Waals surface area contributed by atoms with Gasteiger partial charge in [0.15, 0.2) is 0 Å². The SMILES string of the molecule is C=CC[C@]1(CO)CCCN1C(=O)OC(C)(C)C. The molecule has 17 heavy (non-hydrogen) atoms. The third-order valence-corrected chi connectivity index (χ3v) is 3.03. The van der Waals surface area contributed by atoms with E-state index in [2.05, 4.69) is 6.58 Å². The van der Waals surface area contributed by atoms with Crippen LogP contribution in [0.4, 0.5) is 4.79 Å². The highest BCUT2D eigenvalue weighted by Crippen LogP contribution is 2.33. The summed E-state index contributed by atoms with van der Waals surface area (Å²) in [6.45, 7) is 9.82. The van der Waals surface area contributed by atoms with Gasteiger partial charge in [0.05, 0.1) is 12.1 Å². The van der Waals surface area contributed by atoms with E-state index in [4.69, 9.17) is 4.74 Å². The minimum atomic E-state index is -0.510. The minimum absolute atomic E-state index is 0.0434. The van der Waals surface area contributed by atoms with Gasteiger partial charge in [-0.15, -0.1) is 6.58 Å². The largest absolute Gasteiger partial charge is 0.444 e. The zero-order valence-corrected chi connectivity index (χ0v) is 11.0. The van der Waals surface area contributed by atoms with Crippen LogP contribution in [0.25, 0.3) is 0 Å². The summed E-state index contributed by atoms with van der Waals surface area (Å²) in [6, 6.07) is 0. The van der Waals surface area contributed by atoms with E-state index in [1.54, 1.807) is 11.0 Å². The summed E-state index contributed by atoms with van der Waals surface area (Å²) in [5.74, 6) is 0. The monoisotopic (exact) mass is 241 g/mol. The number of hydrogen-bond donors (Lipinski definition) is 1. The highest BCUT2D eigenvalue weighted by atomic mass is 16.6. The third kappa shape index (κ3) is 3.22. The molecule has 1 fully saturated rings. The number of likely N-dealkylation sites (tertiary alicyclic amines) is 1. The Labute approximate surface area is 103 Å². The van der Waals surface area contributed by atoms with Crippen LogP contribution in [0.1, 0.15) is 40.0 Å². The van der Waals surface area contributed by atoms with Gasteiger partial charge in [0, 0.05) is 6.54 Å². The maximum Gasteiger partial charge on any atom is 0.410 e. The Hall–Kier alpha value is -1.03. The van der Waals surface area contributed by atoms with Gasteiger partial charge in [-0.2, -0.15) is 0 Å². The quantitative estimate of drug-likeness (QED) is 0.771. The van der Waals surface area contributed by atoms with Gasteiger partial charge in [-0.3, -0.25) is 4.90 Å². The van der Waals surface area contributed by atoms with Gasteiger partial charge >= 0.3 is 6.09 Å². The van der Waals surface area contributed by atoms with Gasteiger partial charge in [-0.05, 0) is 40.0 Å². The molecule has 1 heterocycles. The summed E-state index contributed by atoms with van der Waals surface area (Å²) in [6.07, 6.45) is 3.70. The summed E-state index contributed by atoms with van der Waals surface area (Å²) in [4.78, 5) is 13.7. The number of aliphatic hydroxyl groups excluding tert-OH is 1. The van der Waals surface area contributed by atoms with E-state index in [-0.39, 0.29) is 12.7 Å². The van der Waals surface area contributed by atoms with Gasteiger partial charge in [-0.25, -0.2) is 4.79 Å². The first-order valence-electron chi connectivity index (χ1n) is 6.07. The maximum atomic E-state index is 12.1. The molecule has 0 unspecified atom stereocenters. The van der Waals surface area contributed by atoms with Crippen molar-refractivity contribution in [3.05, 3.63) is 12.7 Å². The minimum Gasteiger partial charge on any atom is -0.444 e. The lowest BCUT2D eigenvalue weighted by Crippen LogP contribution is -2.51. The average molecular weight is 241 g/mol. The Morgan fingerprint density at radius 1 is 1.59 bits per heavy atom. The van der Waals surface area contributed by atoms with E-state index in [9.17, 15) is 9.90 Å². The molecular weight excluding hydrogens is 218 g/mol. The molecule has 0 radical (unpaired) electrons. The Morgan fingerprint density at radius 2 is 2.24 bits per heavy atom. The normalized spacial score (nSPS) is 24.8. The molecule has 0 aliphatic carbocycles. The second-order valence-electron chi connectivity index (χ2n) is 5.61. The van der Waals surface area contributed by atoms with Crippen LogP contribution < -0.4 is 0 Å². The average Bonchev–Trinajstić information content (AvgIpc) is 2.60. The maximum absolute atomic E-state index is 12.1. The van der Waals surface area contributed by atoms with Crippen LogP contribution in [0.3, 0.4) is 0 Å². The third-order valence-electron chi connectivity index (χ3n) is 3.03. The lowest BCUT2D eigenvalue weighted by atomic mass is 9.93. The van der Waals surface area contributed by atoms with Crippen LogP contribution in [-0.2, 0) is 4.74 Å². The van der Waals surface area contributed by atoms with Crippen molar-refractivity contribution in [1.82, 2.24) is 4.90 Å². The smallest absolute Gasteiger partial charge is 0.410 e. The Kier molecular flexibility index (Phi) is 4.20. The highest BCUT2D eigenvalue weighted by molar-refractivity contribution is 5.69. The van der Waals surface area contributed by atoms with Crippen LogP contribution in [0.2, 0.25) is 0 Å². The second-order valence-corrected chi connectivity index (χ2v) is 5.61. The molecule has 4 nitrogen and oxygen atoms in total. The molecule has 4 heteroatoms. The molecule has 1 aliphatic heterocycles. The number of carbonyl (C=O) groups is 1. The number of ether oxygens (including phenoxy) is 1. The first kappa shape index (κ1) is 14.0. The zero-order chi connectivity index (χ0) is 13.1. The number of nitrogens with zero attached hydrogens (tertiary/aromatic N) is 1. The van der Waals surface area contributed by atoms with Crippen molar-refractivity contribution < 1.29 is 14.6 Å². The van der Waals surface area contributed by atoms with Gasteiger partial charge < -0.3 is 9.84 Å². The van der Waals surface area contributed by atoms with Crippen molar-refractivity contribution in [3.63, 3.8) is 0 Å². The molecule has 0 aromatic carbocycles. The summed E-state index contributed by atoms with van der Waals surface area (Å²) >= 11 is 0. The molecule has 1 rings (SSSR count). The molecule has 98 valence electrons. The zero-order valence-electron chi connectivity index (χ0n) is 11.0. The number of hydrogen-bond acceptors (Lipinski definition) is 3. The summed E-state index contributed by atoms with van der Waals surface area (Å²) < 4.78 is 5.37. The first-order chi connectivity index (χ1) is 7.84. The Balaban J connectivity index is 2.80. The first-order valence-corrected chi connectivity index (χ1v) is 6.07. The molecule has 1 aliphatic rings. The number of rotatable bonds is 3. The number of amides is 1. The van der Waals surface area contributed by atoms with Crippen molar-refractivity contribution in [3.8, 4) is 0 Å². The standard InChI is InChI=1S/C13H23NO3/c1-5-7-13(10-15)8-6-9-14(13)11(16)17-12(2,3)4/h5,15H,1,6-10H2,2-4H3/t13-/m1/s1. The lowest BCUT2D eigenvalue weighted by Gasteiger charge is -2.37. The van der Waals surface area contributed by atoms with Crippen molar-refractivity contribution in [2.24, 2.45) is 0 Å². The van der Waals surface area contributed by atoms with E-state index in [0.717, 1.165) is 12.8 Å². The fourth-order valence-electron chi connectivity index (χ4n) is 2.25. The van der Waals surface area contributed by atoms with E-state index in [1.165, 1.54) is 0 Å².